The Morgan fingerprint density at radius 2 is 1.05 bits per heavy atom. The number of rotatable bonds is 1. The van der Waals surface area contributed by atoms with Gasteiger partial charge in [0.25, 0.3) is 0 Å². The first-order chi connectivity index (χ1) is 10.4. The monoisotopic (exact) mass is 324 g/mol. The Hall–Kier alpha value is 0.480. The molecule has 1 aliphatic carbocycles. The molecule has 0 aromatic heterocycles. The van der Waals surface area contributed by atoms with Crippen molar-refractivity contribution in [2.75, 3.05) is 12.5 Å². The van der Waals surface area contributed by atoms with Gasteiger partial charge < -0.3 is 0 Å². The Balaban J connectivity index is 0.00000102. The largest absolute Gasteiger partial charge is 0.169 e. The maximum atomic E-state index is 2.04. The van der Waals surface area contributed by atoms with Crippen LogP contribution < -0.4 is 0 Å². The Morgan fingerprint density at radius 1 is 0.636 bits per heavy atom. The molecule has 0 N–H and O–H groups in total. The fourth-order valence-electron chi connectivity index (χ4n) is 4.27. The van der Waals surface area contributed by atoms with Crippen LogP contribution in [0.2, 0.25) is 12.1 Å². The van der Waals surface area contributed by atoms with Crippen LogP contribution >= 0.6 is 11.8 Å². The third-order valence-electron chi connectivity index (χ3n) is 5.47. The van der Waals surface area contributed by atoms with Gasteiger partial charge in [0.2, 0.25) is 0 Å². The van der Waals surface area contributed by atoms with Crippen LogP contribution in [0.4, 0.5) is 0 Å². The summed E-state index contributed by atoms with van der Waals surface area (Å²) in [6.45, 7) is 0. The van der Waals surface area contributed by atoms with Gasteiger partial charge in [0.15, 0.2) is 0 Å². The van der Waals surface area contributed by atoms with Gasteiger partial charge in [-0.3, -0.25) is 0 Å². The van der Waals surface area contributed by atoms with Crippen molar-refractivity contribution in [3.63, 3.8) is 0 Å². The highest BCUT2D eigenvalue weighted by molar-refractivity contribution is 7.97. The predicted octanol–water partition coefficient (Wildman–Crippen LogP) is 5.53. The van der Waals surface area contributed by atoms with E-state index in [0.717, 1.165) is 11.7 Å². The normalized spacial score (nSPS) is 25.3. The lowest BCUT2D eigenvalue weighted by atomic mass is 9.54. The molecule has 0 radical (unpaired) electrons. The Morgan fingerprint density at radius 3 is 1.59 bits per heavy atom. The summed E-state index contributed by atoms with van der Waals surface area (Å²) in [6, 6.07) is 0. The van der Waals surface area contributed by atoms with Gasteiger partial charge in [-0.05, 0) is 18.4 Å². The summed E-state index contributed by atoms with van der Waals surface area (Å²) in [4.78, 5) is 0. The van der Waals surface area contributed by atoms with Crippen LogP contribution in [-0.4, -0.2) is 28.2 Å². The SMILES string of the molecule is B.B1CCCCCCCC1C1CCCCCCCC1.CSC. The zero-order valence-electron chi connectivity index (χ0n) is 14.9. The van der Waals surface area contributed by atoms with E-state index in [1.54, 1.807) is 38.3 Å². The van der Waals surface area contributed by atoms with E-state index in [-0.39, 0.29) is 8.41 Å². The molecule has 1 atom stereocenters. The van der Waals surface area contributed by atoms with E-state index < -0.39 is 0 Å². The quantitative estimate of drug-likeness (QED) is 0.572. The van der Waals surface area contributed by atoms with Gasteiger partial charge in [-0.1, -0.05) is 102 Å². The zero-order chi connectivity index (χ0) is 15.2. The second-order valence-corrected chi connectivity index (χ2v) is 8.14. The molecule has 0 aromatic rings. The number of hydrogen-bond acceptors (Lipinski definition) is 1. The summed E-state index contributed by atoms with van der Waals surface area (Å²) in [7, 11) is 1.56. The summed E-state index contributed by atoms with van der Waals surface area (Å²) in [5, 5.41) is 0. The summed E-state index contributed by atoms with van der Waals surface area (Å²) in [5.74, 6) is 2.20. The van der Waals surface area contributed by atoms with Crippen LogP contribution in [0.3, 0.4) is 0 Å². The van der Waals surface area contributed by atoms with Gasteiger partial charge in [0.05, 0.1) is 8.41 Å². The Kier molecular flexibility index (Phi) is 16.7. The lowest BCUT2D eigenvalue weighted by Crippen LogP contribution is -2.15. The molecule has 0 nitrogen and oxygen atoms in total. The highest BCUT2D eigenvalue weighted by atomic mass is 32.2. The summed E-state index contributed by atoms with van der Waals surface area (Å²) in [5.41, 5.74) is 0. The molecule has 0 bridgehead atoms. The van der Waals surface area contributed by atoms with Crippen molar-refractivity contribution in [3.05, 3.63) is 0 Å². The van der Waals surface area contributed by atoms with Crippen molar-refractivity contribution in [3.8, 4) is 0 Å². The molecule has 0 spiro atoms. The fourth-order valence-corrected chi connectivity index (χ4v) is 4.27. The van der Waals surface area contributed by atoms with E-state index in [2.05, 4.69) is 0 Å². The average Bonchev–Trinajstić information content (AvgIpc) is 2.70. The van der Waals surface area contributed by atoms with Gasteiger partial charge in [0.1, 0.15) is 7.28 Å². The third kappa shape index (κ3) is 11.1. The van der Waals surface area contributed by atoms with Gasteiger partial charge >= 0.3 is 0 Å². The predicted molar refractivity (Wildman–Crippen MR) is 113 cm³/mol. The lowest BCUT2D eigenvalue weighted by molar-refractivity contribution is 0.381. The van der Waals surface area contributed by atoms with E-state index in [0.29, 0.717) is 0 Å². The van der Waals surface area contributed by atoms with Crippen LogP contribution in [0.1, 0.15) is 89.9 Å². The molecule has 1 saturated carbocycles. The zero-order valence-corrected chi connectivity index (χ0v) is 15.7. The topological polar surface area (TPSA) is 0 Å². The molecule has 1 unspecified atom stereocenters. The summed E-state index contributed by atoms with van der Waals surface area (Å²) in [6.07, 6.45) is 27.0. The van der Waals surface area contributed by atoms with Gasteiger partial charge in [-0.25, -0.2) is 0 Å². The minimum Gasteiger partial charge on any atom is -0.169 e. The van der Waals surface area contributed by atoms with E-state index >= 15 is 0 Å². The van der Waals surface area contributed by atoms with Crippen LogP contribution in [0.15, 0.2) is 0 Å². The average molecular weight is 324 g/mol. The molecule has 2 aliphatic rings. The van der Waals surface area contributed by atoms with E-state index in [1.807, 2.05) is 12.5 Å². The van der Waals surface area contributed by atoms with Gasteiger partial charge in [0, 0.05) is 0 Å². The standard InChI is InChI=1S/C17H33B.C2H6S.BH3/c1-2-5-9-13-16(12-8-4-1)17-14-10-6-3-7-11-15-18-17;1-3-2;/h16-18H,1-15H2;1-2H3;1H3. The van der Waals surface area contributed by atoms with Crippen molar-refractivity contribution in [2.24, 2.45) is 5.92 Å². The van der Waals surface area contributed by atoms with E-state index in [4.69, 9.17) is 0 Å². The maximum Gasteiger partial charge on any atom is 0.124 e. The molecular formula is C19H42B2S. The van der Waals surface area contributed by atoms with E-state index in [9.17, 15) is 0 Å². The van der Waals surface area contributed by atoms with Crippen molar-refractivity contribution in [1.29, 1.82) is 0 Å². The second-order valence-electron chi connectivity index (χ2n) is 7.33. The molecule has 2 fully saturated rings. The molecule has 1 heterocycles. The molecule has 0 amide bonds. The maximum absolute atomic E-state index is 2.04. The first-order valence-corrected chi connectivity index (χ1v) is 11.4. The number of hydrogen-bond donors (Lipinski definition) is 0. The second kappa shape index (κ2) is 16.3. The smallest absolute Gasteiger partial charge is 0.124 e. The van der Waals surface area contributed by atoms with Crippen molar-refractivity contribution < 1.29 is 0 Å². The summed E-state index contributed by atoms with van der Waals surface area (Å²) >= 11 is 1.75. The van der Waals surface area contributed by atoms with Crippen LogP contribution in [0, 0.1) is 5.92 Å². The van der Waals surface area contributed by atoms with E-state index in [1.165, 1.54) is 76.9 Å². The van der Waals surface area contributed by atoms with Crippen molar-refractivity contribution >= 4 is 27.5 Å². The Labute approximate surface area is 148 Å². The molecule has 2 rings (SSSR count). The van der Waals surface area contributed by atoms with Crippen LogP contribution in [-0.2, 0) is 0 Å². The van der Waals surface area contributed by atoms with Crippen molar-refractivity contribution in [2.45, 2.75) is 102 Å². The fraction of sp³-hybridized carbons (Fsp3) is 1.00. The van der Waals surface area contributed by atoms with Gasteiger partial charge in [-0.2, -0.15) is 11.8 Å². The van der Waals surface area contributed by atoms with Crippen molar-refractivity contribution in [1.82, 2.24) is 0 Å². The highest BCUT2D eigenvalue weighted by Gasteiger charge is 2.22. The lowest BCUT2D eigenvalue weighted by Gasteiger charge is -2.26. The van der Waals surface area contributed by atoms with Crippen LogP contribution in [0.5, 0.6) is 0 Å². The first-order valence-electron chi connectivity index (χ1n) is 9.78. The summed E-state index contributed by atoms with van der Waals surface area (Å²) < 4.78 is 0. The molecule has 1 saturated heterocycles. The first kappa shape index (κ1) is 22.5. The third-order valence-corrected chi connectivity index (χ3v) is 5.47. The highest BCUT2D eigenvalue weighted by Crippen LogP contribution is 2.36. The molecule has 3 heteroatoms. The minimum absolute atomic E-state index is 0. The van der Waals surface area contributed by atoms with Crippen LogP contribution in [0.25, 0.3) is 0 Å². The molecule has 1 aliphatic heterocycles. The molecule has 0 aromatic carbocycles. The number of thioether (sulfide) groups is 1. The molecule has 22 heavy (non-hydrogen) atoms. The molecule has 130 valence electrons. The Bertz CT molecular complexity index is 181. The minimum atomic E-state index is 0. The molecular weight excluding hydrogens is 282 g/mol. The van der Waals surface area contributed by atoms with Gasteiger partial charge in [-0.15, -0.1) is 0 Å².